The fourth-order valence-corrected chi connectivity index (χ4v) is 7.78. The molecule has 332 valence electrons. The lowest BCUT2D eigenvalue weighted by Gasteiger charge is -2.24. The molecule has 0 spiro atoms. The monoisotopic (exact) mass is 792 g/mol. The van der Waals surface area contributed by atoms with Gasteiger partial charge in [-0.05, 0) is 51.4 Å². The summed E-state index contributed by atoms with van der Waals surface area (Å²) in [4.78, 5) is 26.0. The number of amides is 1. The van der Waals surface area contributed by atoms with Gasteiger partial charge in [-0.2, -0.15) is 0 Å². The van der Waals surface area contributed by atoms with Crippen LogP contribution < -0.4 is 5.32 Å². The average Bonchev–Trinajstić information content (AvgIpc) is 3.19. The zero-order valence-corrected chi connectivity index (χ0v) is 37.8. The average molecular weight is 792 g/mol. The second-order valence-electron chi connectivity index (χ2n) is 17.2. The van der Waals surface area contributed by atoms with Crippen LogP contribution in [-0.4, -0.2) is 46.9 Å². The Kier molecular flexibility index (Phi) is 43.6. The molecule has 0 saturated carbocycles. The second-order valence-corrected chi connectivity index (χ2v) is 17.2. The van der Waals surface area contributed by atoms with Gasteiger partial charge < -0.3 is 20.3 Å². The number of rotatable bonds is 45. The SMILES string of the molecule is CCCCC/C=C\CCCCCC(CC(=O)NC(CO)C(O)CCCCCCCCCCCCCCCCCCC)OC(=O)CCCCCCCCCCCC. The molecule has 0 aliphatic carbocycles. The number of unbranched alkanes of at least 4 members (excludes halogenated alkanes) is 31. The number of hydrogen-bond acceptors (Lipinski definition) is 5. The number of ether oxygens (including phenoxy) is 1. The molecule has 6 nitrogen and oxygen atoms in total. The fraction of sp³-hybridized carbons (Fsp3) is 0.920. The molecule has 1 amide bonds. The minimum atomic E-state index is -0.785. The molecule has 0 aromatic heterocycles. The first-order valence-corrected chi connectivity index (χ1v) is 24.9. The topological polar surface area (TPSA) is 95.9 Å². The molecule has 3 atom stereocenters. The number of esters is 1. The number of aliphatic hydroxyl groups is 2. The van der Waals surface area contributed by atoms with Crippen LogP contribution >= 0.6 is 0 Å². The molecule has 0 aliphatic rings. The van der Waals surface area contributed by atoms with Crippen molar-refractivity contribution >= 4 is 11.9 Å². The standard InChI is InChI=1S/C50H97NO5/c1-4-7-10-13-16-19-22-23-24-25-26-27-28-30-33-36-39-42-48(53)47(45-52)51-49(54)44-46(41-38-35-32-29-20-17-14-11-8-5-2)56-50(55)43-40-37-34-31-21-18-15-12-9-6-3/h17,20,46-48,52-53H,4-16,18-19,21-45H2,1-3H3,(H,51,54)/b20-17-. The molecule has 0 bridgehead atoms. The number of aliphatic hydroxyl groups excluding tert-OH is 2. The summed E-state index contributed by atoms with van der Waals surface area (Å²) >= 11 is 0. The highest BCUT2D eigenvalue weighted by Crippen LogP contribution is 2.18. The lowest BCUT2D eigenvalue weighted by molar-refractivity contribution is -0.151. The van der Waals surface area contributed by atoms with Crippen LogP contribution in [0.15, 0.2) is 12.2 Å². The van der Waals surface area contributed by atoms with Crippen LogP contribution in [0.3, 0.4) is 0 Å². The van der Waals surface area contributed by atoms with Gasteiger partial charge in [0.2, 0.25) is 5.91 Å². The zero-order valence-electron chi connectivity index (χ0n) is 37.8. The van der Waals surface area contributed by atoms with E-state index >= 15 is 0 Å². The van der Waals surface area contributed by atoms with E-state index in [2.05, 4.69) is 38.2 Å². The van der Waals surface area contributed by atoms with Gasteiger partial charge >= 0.3 is 5.97 Å². The summed E-state index contributed by atoms with van der Waals surface area (Å²) in [6.45, 7) is 6.45. The maximum absolute atomic E-state index is 13.1. The third-order valence-corrected chi connectivity index (χ3v) is 11.6. The Morgan fingerprint density at radius 3 is 1.30 bits per heavy atom. The summed E-state index contributed by atoms with van der Waals surface area (Å²) in [5.74, 6) is -0.479. The van der Waals surface area contributed by atoms with Gasteiger partial charge in [0.25, 0.3) is 0 Å². The molecule has 0 saturated heterocycles. The molecule has 0 rings (SSSR count). The van der Waals surface area contributed by atoms with Crippen molar-refractivity contribution in [2.75, 3.05) is 6.61 Å². The van der Waals surface area contributed by atoms with E-state index in [9.17, 15) is 19.8 Å². The van der Waals surface area contributed by atoms with Crippen LogP contribution in [0, 0.1) is 0 Å². The number of nitrogens with one attached hydrogen (secondary N) is 1. The lowest BCUT2D eigenvalue weighted by atomic mass is 10.0. The molecule has 6 heteroatoms. The Bertz CT molecular complexity index is 847. The molecular formula is C50H97NO5. The Labute approximate surface area is 349 Å². The third kappa shape index (κ3) is 39.4. The molecule has 0 fully saturated rings. The van der Waals surface area contributed by atoms with Crippen molar-refractivity contribution < 1.29 is 24.5 Å². The molecular weight excluding hydrogens is 695 g/mol. The first-order valence-electron chi connectivity index (χ1n) is 24.9. The van der Waals surface area contributed by atoms with E-state index in [0.29, 0.717) is 19.3 Å². The molecule has 0 radical (unpaired) electrons. The van der Waals surface area contributed by atoms with Crippen molar-refractivity contribution in [1.82, 2.24) is 5.32 Å². The summed E-state index contributed by atoms with van der Waals surface area (Å²) in [6.07, 6.45) is 48.5. The van der Waals surface area contributed by atoms with Gasteiger partial charge in [-0.1, -0.05) is 219 Å². The number of carbonyl (C=O) groups is 2. The number of carbonyl (C=O) groups excluding carboxylic acids is 2. The summed E-state index contributed by atoms with van der Waals surface area (Å²) in [5, 5.41) is 23.7. The summed E-state index contributed by atoms with van der Waals surface area (Å²) in [7, 11) is 0. The summed E-state index contributed by atoms with van der Waals surface area (Å²) in [6, 6.07) is -0.698. The van der Waals surface area contributed by atoms with Gasteiger partial charge in [0.05, 0.1) is 25.2 Å². The molecule has 3 unspecified atom stereocenters. The van der Waals surface area contributed by atoms with Gasteiger partial charge in [0.1, 0.15) is 6.10 Å². The van der Waals surface area contributed by atoms with Crippen LogP contribution in [-0.2, 0) is 14.3 Å². The van der Waals surface area contributed by atoms with E-state index in [0.717, 1.165) is 64.2 Å². The first kappa shape index (κ1) is 54.6. The van der Waals surface area contributed by atoms with Gasteiger partial charge in [-0.3, -0.25) is 9.59 Å². The Hall–Kier alpha value is -1.40. The van der Waals surface area contributed by atoms with Crippen molar-refractivity contribution in [3.05, 3.63) is 12.2 Å². The molecule has 0 aliphatic heterocycles. The predicted molar refractivity (Wildman–Crippen MR) is 241 cm³/mol. The van der Waals surface area contributed by atoms with E-state index in [4.69, 9.17) is 4.74 Å². The summed E-state index contributed by atoms with van der Waals surface area (Å²) in [5.41, 5.74) is 0. The van der Waals surface area contributed by atoms with Gasteiger partial charge in [0.15, 0.2) is 0 Å². The Morgan fingerprint density at radius 2 is 0.857 bits per heavy atom. The normalized spacial score (nSPS) is 13.3. The molecule has 56 heavy (non-hydrogen) atoms. The smallest absolute Gasteiger partial charge is 0.306 e. The number of allylic oxidation sites excluding steroid dienone is 2. The Balaban J connectivity index is 4.41. The van der Waals surface area contributed by atoms with Crippen molar-refractivity contribution in [1.29, 1.82) is 0 Å². The quantitative estimate of drug-likeness (QED) is 0.0324. The van der Waals surface area contributed by atoms with Crippen LogP contribution in [0.25, 0.3) is 0 Å². The van der Waals surface area contributed by atoms with Gasteiger partial charge in [0, 0.05) is 6.42 Å². The largest absolute Gasteiger partial charge is 0.462 e. The van der Waals surface area contributed by atoms with E-state index in [1.165, 1.54) is 161 Å². The van der Waals surface area contributed by atoms with E-state index in [1.807, 2.05) is 0 Å². The molecule has 0 aromatic carbocycles. The lowest BCUT2D eigenvalue weighted by Crippen LogP contribution is -2.46. The number of hydrogen-bond donors (Lipinski definition) is 3. The highest BCUT2D eigenvalue weighted by atomic mass is 16.5. The van der Waals surface area contributed by atoms with Crippen molar-refractivity contribution in [2.24, 2.45) is 0 Å². The highest BCUT2D eigenvalue weighted by molar-refractivity contribution is 5.77. The predicted octanol–water partition coefficient (Wildman–Crippen LogP) is 14.6. The minimum Gasteiger partial charge on any atom is -0.462 e. The zero-order chi connectivity index (χ0) is 41.0. The maximum Gasteiger partial charge on any atom is 0.306 e. The molecule has 3 N–H and O–H groups in total. The van der Waals surface area contributed by atoms with Crippen LogP contribution in [0.2, 0.25) is 0 Å². The van der Waals surface area contributed by atoms with Crippen molar-refractivity contribution in [3.8, 4) is 0 Å². The molecule has 0 heterocycles. The first-order chi connectivity index (χ1) is 27.5. The van der Waals surface area contributed by atoms with Gasteiger partial charge in [-0.15, -0.1) is 0 Å². The van der Waals surface area contributed by atoms with E-state index in [1.54, 1.807) is 0 Å². The van der Waals surface area contributed by atoms with Crippen molar-refractivity contribution in [2.45, 2.75) is 289 Å². The summed E-state index contributed by atoms with van der Waals surface area (Å²) < 4.78 is 5.89. The van der Waals surface area contributed by atoms with Crippen LogP contribution in [0.5, 0.6) is 0 Å². The minimum absolute atomic E-state index is 0.0729. The maximum atomic E-state index is 13.1. The van der Waals surface area contributed by atoms with Crippen LogP contribution in [0.1, 0.15) is 271 Å². The Morgan fingerprint density at radius 1 is 0.500 bits per heavy atom. The fourth-order valence-electron chi connectivity index (χ4n) is 7.78. The van der Waals surface area contributed by atoms with Crippen molar-refractivity contribution in [3.63, 3.8) is 0 Å². The van der Waals surface area contributed by atoms with E-state index < -0.39 is 18.2 Å². The van der Waals surface area contributed by atoms with Crippen LogP contribution in [0.4, 0.5) is 0 Å². The third-order valence-electron chi connectivity index (χ3n) is 11.6. The van der Waals surface area contributed by atoms with E-state index in [-0.39, 0.29) is 24.9 Å². The second kappa shape index (κ2) is 44.7. The van der Waals surface area contributed by atoms with Gasteiger partial charge in [-0.25, -0.2) is 0 Å². The highest BCUT2D eigenvalue weighted by Gasteiger charge is 2.24. The molecule has 0 aromatic rings.